The smallest absolute Gasteiger partial charge is 0.283 e. The largest absolute Gasteiger partial charge is 0.298 e. The molecule has 1 aliphatic heterocycles. The molecule has 39 heavy (non-hydrogen) atoms. The fraction of sp³-hybridized carbons (Fsp3) is 0.0769. The lowest BCUT2D eigenvalue weighted by Crippen LogP contribution is -2.54. The number of nitro groups is 1. The number of hydrogen-bond donors (Lipinski definition) is 1. The Balaban J connectivity index is 1.48. The molecule has 3 aromatic carbocycles. The highest BCUT2D eigenvalue weighted by atomic mass is 32.2. The van der Waals surface area contributed by atoms with Gasteiger partial charge in [-0.05, 0) is 101 Å². The van der Waals surface area contributed by atoms with Crippen molar-refractivity contribution in [3.63, 3.8) is 0 Å². The summed E-state index contributed by atoms with van der Waals surface area (Å²) in [5.41, 5.74) is 3.05. The third-order valence-corrected chi connectivity index (χ3v) is 7.27. The lowest BCUT2D eigenvalue weighted by molar-refractivity contribution is -0.387. The van der Waals surface area contributed by atoms with E-state index in [9.17, 15) is 19.7 Å². The van der Waals surface area contributed by atoms with Crippen LogP contribution in [-0.2, 0) is 9.59 Å². The van der Waals surface area contributed by atoms with Crippen molar-refractivity contribution in [1.29, 1.82) is 0 Å². The summed E-state index contributed by atoms with van der Waals surface area (Å²) in [6.45, 7) is 3.85. The van der Waals surface area contributed by atoms with Gasteiger partial charge in [-0.15, -0.1) is 5.10 Å². The van der Waals surface area contributed by atoms with E-state index in [1.807, 2.05) is 50.2 Å². The van der Waals surface area contributed by atoms with E-state index in [4.69, 9.17) is 12.2 Å². The number of thiocarbonyl (C=S) groups is 1. The number of carbonyl (C=O) groups is 2. The van der Waals surface area contributed by atoms with Crippen LogP contribution in [0.2, 0.25) is 0 Å². The maximum atomic E-state index is 13.4. The van der Waals surface area contributed by atoms with E-state index in [1.165, 1.54) is 27.8 Å². The van der Waals surface area contributed by atoms with Crippen LogP contribution < -0.4 is 10.2 Å². The number of aryl methyl sites for hydroxylation is 2. The van der Waals surface area contributed by atoms with Crippen molar-refractivity contribution in [2.24, 2.45) is 0 Å². The van der Waals surface area contributed by atoms with Gasteiger partial charge in [-0.1, -0.05) is 30.3 Å². The Bertz CT molecular complexity index is 1680. The molecule has 0 bridgehead atoms. The molecule has 4 aromatic rings. The van der Waals surface area contributed by atoms with E-state index in [0.29, 0.717) is 22.1 Å². The molecule has 1 aromatic heterocycles. The van der Waals surface area contributed by atoms with Gasteiger partial charge in [-0.2, -0.15) is 4.68 Å². The van der Waals surface area contributed by atoms with Crippen LogP contribution in [0.25, 0.3) is 11.8 Å². The fourth-order valence-electron chi connectivity index (χ4n) is 3.85. The second-order valence-corrected chi connectivity index (χ2v) is 9.92. The number of nitrogens with one attached hydrogen (secondary N) is 1. The Morgan fingerprint density at radius 1 is 1.00 bits per heavy atom. The minimum atomic E-state index is -0.687. The predicted molar refractivity (Wildman–Crippen MR) is 148 cm³/mol. The van der Waals surface area contributed by atoms with Crippen LogP contribution in [0, 0.1) is 24.0 Å². The number of rotatable bonds is 6. The summed E-state index contributed by atoms with van der Waals surface area (Å²) in [6, 6.07) is 18.9. The van der Waals surface area contributed by atoms with Gasteiger partial charge in [0.25, 0.3) is 17.5 Å². The van der Waals surface area contributed by atoms with E-state index in [1.54, 1.807) is 18.2 Å². The topological polar surface area (TPSA) is 136 Å². The van der Waals surface area contributed by atoms with Gasteiger partial charge >= 0.3 is 0 Å². The number of aromatic nitrogens is 4. The van der Waals surface area contributed by atoms with Crippen LogP contribution in [0.4, 0.5) is 11.4 Å². The maximum absolute atomic E-state index is 13.4. The standard InChI is InChI=1S/C26H19N7O4S2/c1-15-8-10-19(12-16(15)2)31-24(35)20(23(34)27-25(31)38)13-17-9-11-22(21(14-17)33(36)37)39-26-28-29-30-32(26)18-6-4-3-5-7-18/h3-14H,1-2H3,(H,27,34,38)/b20-13+. The van der Waals surface area contributed by atoms with E-state index >= 15 is 0 Å². The molecule has 1 saturated heterocycles. The molecule has 0 aliphatic carbocycles. The number of nitro benzene ring substituents is 1. The molecule has 0 saturated carbocycles. The van der Waals surface area contributed by atoms with Crippen molar-refractivity contribution >= 4 is 58.4 Å². The predicted octanol–water partition coefficient (Wildman–Crippen LogP) is 4.17. The summed E-state index contributed by atoms with van der Waals surface area (Å²) in [4.78, 5) is 39.0. The van der Waals surface area contributed by atoms with Crippen molar-refractivity contribution in [2.75, 3.05) is 4.90 Å². The van der Waals surface area contributed by atoms with Gasteiger partial charge in [0.1, 0.15) is 5.57 Å². The normalized spacial score (nSPS) is 14.6. The average molecular weight is 558 g/mol. The van der Waals surface area contributed by atoms with E-state index in [2.05, 4.69) is 20.8 Å². The Kier molecular flexibility index (Phi) is 7.00. The van der Waals surface area contributed by atoms with Crippen molar-refractivity contribution in [2.45, 2.75) is 23.9 Å². The number of tetrazole rings is 1. The quantitative estimate of drug-likeness (QED) is 0.122. The van der Waals surface area contributed by atoms with Crippen LogP contribution in [0.3, 0.4) is 0 Å². The molecule has 1 N–H and O–H groups in total. The molecule has 13 heteroatoms. The number of amides is 2. The molecule has 194 valence electrons. The summed E-state index contributed by atoms with van der Waals surface area (Å²) in [6.07, 6.45) is 1.31. The molecule has 5 rings (SSSR count). The zero-order valence-corrected chi connectivity index (χ0v) is 22.2. The lowest BCUT2D eigenvalue weighted by atomic mass is 10.0. The summed E-state index contributed by atoms with van der Waals surface area (Å²) < 4.78 is 1.47. The molecule has 0 atom stereocenters. The van der Waals surface area contributed by atoms with Gasteiger partial charge in [0.2, 0.25) is 5.16 Å². The summed E-state index contributed by atoms with van der Waals surface area (Å²) in [5.74, 6) is -1.32. The van der Waals surface area contributed by atoms with Crippen LogP contribution in [0.1, 0.15) is 16.7 Å². The number of anilines is 1. The van der Waals surface area contributed by atoms with Crippen molar-refractivity contribution in [1.82, 2.24) is 25.5 Å². The molecule has 11 nitrogen and oxygen atoms in total. The minimum Gasteiger partial charge on any atom is -0.298 e. The second-order valence-electron chi connectivity index (χ2n) is 8.52. The third kappa shape index (κ3) is 5.17. The fourth-order valence-corrected chi connectivity index (χ4v) is 5.01. The highest BCUT2D eigenvalue weighted by Crippen LogP contribution is 2.35. The first kappa shape index (κ1) is 25.9. The van der Waals surface area contributed by atoms with Gasteiger partial charge in [0, 0.05) is 6.07 Å². The Morgan fingerprint density at radius 3 is 2.49 bits per heavy atom. The van der Waals surface area contributed by atoms with Crippen LogP contribution in [-0.4, -0.2) is 42.1 Å². The van der Waals surface area contributed by atoms with Gasteiger partial charge < -0.3 is 0 Å². The minimum absolute atomic E-state index is 0.0423. The van der Waals surface area contributed by atoms with Crippen LogP contribution in [0.15, 0.2) is 82.4 Å². The average Bonchev–Trinajstić information content (AvgIpc) is 3.37. The molecule has 2 amide bonds. The monoisotopic (exact) mass is 557 g/mol. The number of carbonyl (C=O) groups excluding carboxylic acids is 2. The first-order valence-corrected chi connectivity index (χ1v) is 12.7. The van der Waals surface area contributed by atoms with Gasteiger partial charge in [0.05, 0.1) is 21.2 Å². The molecule has 1 aliphatic rings. The third-order valence-electron chi connectivity index (χ3n) is 5.98. The molecule has 1 fully saturated rings. The van der Waals surface area contributed by atoms with Gasteiger partial charge in [-0.3, -0.25) is 29.9 Å². The number of para-hydroxylation sites is 1. The van der Waals surface area contributed by atoms with Gasteiger partial charge in [-0.25, -0.2) is 0 Å². The van der Waals surface area contributed by atoms with Crippen molar-refractivity contribution in [3.05, 3.63) is 99.1 Å². The second kappa shape index (κ2) is 10.6. The molecule has 2 heterocycles. The highest BCUT2D eigenvalue weighted by Gasteiger charge is 2.34. The Hall–Kier alpha value is -4.75. The van der Waals surface area contributed by atoms with Crippen LogP contribution >= 0.6 is 24.0 Å². The van der Waals surface area contributed by atoms with E-state index in [0.717, 1.165) is 22.9 Å². The maximum Gasteiger partial charge on any atom is 0.283 e. The lowest BCUT2D eigenvalue weighted by Gasteiger charge is -2.29. The van der Waals surface area contributed by atoms with Crippen LogP contribution in [0.5, 0.6) is 0 Å². The summed E-state index contributed by atoms with van der Waals surface area (Å²) >= 11 is 6.29. The van der Waals surface area contributed by atoms with Gasteiger partial charge in [0.15, 0.2) is 5.11 Å². The zero-order chi connectivity index (χ0) is 27.7. The molecular formula is C26H19N7O4S2. The van der Waals surface area contributed by atoms with E-state index in [-0.39, 0.29) is 21.3 Å². The Labute approximate surface area is 231 Å². The SMILES string of the molecule is Cc1ccc(N2C(=O)/C(=C/c3ccc(Sc4nnnn4-c4ccccc4)c([N+](=O)[O-])c3)C(=O)NC2=S)cc1C. The first-order valence-electron chi connectivity index (χ1n) is 11.5. The molecule has 0 radical (unpaired) electrons. The molecular weight excluding hydrogens is 538 g/mol. The number of hydrogen-bond acceptors (Lipinski definition) is 9. The van der Waals surface area contributed by atoms with Crippen molar-refractivity contribution < 1.29 is 14.5 Å². The molecule has 0 unspecified atom stereocenters. The Morgan fingerprint density at radius 2 is 1.77 bits per heavy atom. The number of benzene rings is 3. The summed E-state index contributed by atoms with van der Waals surface area (Å²) in [5, 5.41) is 26.4. The zero-order valence-electron chi connectivity index (χ0n) is 20.6. The molecule has 0 spiro atoms. The van der Waals surface area contributed by atoms with E-state index < -0.39 is 16.7 Å². The highest BCUT2D eigenvalue weighted by molar-refractivity contribution is 7.99. The first-order chi connectivity index (χ1) is 18.7. The summed E-state index contributed by atoms with van der Waals surface area (Å²) in [7, 11) is 0. The van der Waals surface area contributed by atoms with Crippen molar-refractivity contribution in [3.8, 4) is 5.69 Å². The number of nitrogens with zero attached hydrogens (tertiary/aromatic N) is 6.